The Morgan fingerprint density at radius 1 is 1.16 bits per heavy atom. The number of esters is 1. The number of carbonyl (C=O) groups is 1. The number of rotatable bonds is 12. The van der Waals surface area contributed by atoms with Gasteiger partial charge in [-0.15, -0.1) is 0 Å². The van der Waals surface area contributed by atoms with E-state index in [-0.39, 0.29) is 5.97 Å². The molecule has 0 spiro atoms. The summed E-state index contributed by atoms with van der Waals surface area (Å²) in [6, 6.07) is 0. The van der Waals surface area contributed by atoms with E-state index in [4.69, 9.17) is 14.2 Å². The first-order chi connectivity index (χ1) is 9.10. The van der Waals surface area contributed by atoms with Gasteiger partial charge in [0, 0.05) is 26.9 Å². The normalized spacial score (nSPS) is 14.1. The molecule has 0 aliphatic carbocycles. The van der Waals surface area contributed by atoms with Crippen molar-refractivity contribution in [3.8, 4) is 0 Å². The SMILES string of the molecule is CCCNC(C)(CCCOCCCOC)C(=O)OC. The van der Waals surface area contributed by atoms with Gasteiger partial charge in [-0.25, -0.2) is 0 Å². The molecule has 19 heavy (non-hydrogen) atoms. The zero-order valence-electron chi connectivity index (χ0n) is 12.8. The third-order valence-corrected chi connectivity index (χ3v) is 3.00. The molecule has 5 heteroatoms. The van der Waals surface area contributed by atoms with Gasteiger partial charge < -0.3 is 19.5 Å². The number of hydrogen-bond acceptors (Lipinski definition) is 5. The van der Waals surface area contributed by atoms with E-state index < -0.39 is 5.54 Å². The van der Waals surface area contributed by atoms with E-state index in [1.165, 1.54) is 7.11 Å². The Bertz CT molecular complexity index is 235. The van der Waals surface area contributed by atoms with Gasteiger partial charge >= 0.3 is 5.97 Å². The lowest BCUT2D eigenvalue weighted by Gasteiger charge is -2.28. The Balaban J connectivity index is 3.89. The quantitative estimate of drug-likeness (QED) is 0.434. The first-order valence-corrected chi connectivity index (χ1v) is 7.00. The second-order valence-electron chi connectivity index (χ2n) is 4.81. The van der Waals surface area contributed by atoms with Gasteiger partial charge in [-0.05, 0) is 39.2 Å². The number of hydrogen-bond donors (Lipinski definition) is 1. The van der Waals surface area contributed by atoms with Gasteiger partial charge in [0.1, 0.15) is 5.54 Å². The minimum atomic E-state index is -0.610. The molecule has 0 bridgehead atoms. The molecule has 0 fully saturated rings. The smallest absolute Gasteiger partial charge is 0.325 e. The van der Waals surface area contributed by atoms with Crippen LogP contribution in [-0.2, 0) is 19.0 Å². The highest BCUT2D eigenvalue weighted by atomic mass is 16.5. The number of methoxy groups -OCH3 is 2. The molecular formula is C14H29NO4. The van der Waals surface area contributed by atoms with Crippen molar-refractivity contribution in [1.82, 2.24) is 5.32 Å². The van der Waals surface area contributed by atoms with Crippen LogP contribution in [0.1, 0.15) is 39.5 Å². The van der Waals surface area contributed by atoms with Crippen LogP contribution in [0.4, 0.5) is 0 Å². The summed E-state index contributed by atoms with van der Waals surface area (Å²) in [7, 11) is 3.11. The summed E-state index contributed by atoms with van der Waals surface area (Å²) in [5, 5.41) is 3.26. The third kappa shape index (κ3) is 8.18. The van der Waals surface area contributed by atoms with E-state index in [1.807, 2.05) is 6.92 Å². The van der Waals surface area contributed by atoms with Gasteiger partial charge in [0.25, 0.3) is 0 Å². The van der Waals surface area contributed by atoms with E-state index in [0.29, 0.717) is 19.6 Å². The van der Waals surface area contributed by atoms with Crippen LogP contribution in [0.3, 0.4) is 0 Å². The summed E-state index contributed by atoms with van der Waals surface area (Å²) in [6.45, 7) is 6.84. The minimum Gasteiger partial charge on any atom is -0.468 e. The Hall–Kier alpha value is -0.650. The average molecular weight is 275 g/mol. The van der Waals surface area contributed by atoms with E-state index in [0.717, 1.165) is 32.4 Å². The van der Waals surface area contributed by atoms with Crippen LogP contribution in [0.15, 0.2) is 0 Å². The molecule has 0 aromatic rings. The molecule has 1 atom stereocenters. The zero-order valence-corrected chi connectivity index (χ0v) is 12.8. The number of ether oxygens (including phenoxy) is 3. The number of nitrogens with one attached hydrogen (secondary N) is 1. The summed E-state index contributed by atoms with van der Waals surface area (Å²) < 4.78 is 15.3. The van der Waals surface area contributed by atoms with Crippen molar-refractivity contribution >= 4 is 5.97 Å². The standard InChI is InChI=1S/C14H29NO4/c1-5-9-15-14(2,13(16)18-4)8-6-11-19-12-7-10-17-3/h15H,5-12H2,1-4H3. The topological polar surface area (TPSA) is 56.8 Å². The van der Waals surface area contributed by atoms with E-state index in [1.54, 1.807) is 7.11 Å². The molecule has 0 rings (SSSR count). The molecule has 0 amide bonds. The first kappa shape index (κ1) is 18.4. The summed E-state index contributed by atoms with van der Waals surface area (Å²) >= 11 is 0. The van der Waals surface area contributed by atoms with Crippen LogP contribution in [0.2, 0.25) is 0 Å². The van der Waals surface area contributed by atoms with Crippen LogP contribution in [0.5, 0.6) is 0 Å². The van der Waals surface area contributed by atoms with Crippen LogP contribution < -0.4 is 5.32 Å². The highest BCUT2D eigenvalue weighted by Gasteiger charge is 2.32. The Kier molecular flexibility index (Phi) is 10.8. The highest BCUT2D eigenvalue weighted by Crippen LogP contribution is 2.14. The van der Waals surface area contributed by atoms with E-state index in [9.17, 15) is 4.79 Å². The molecule has 0 saturated heterocycles. The molecule has 0 radical (unpaired) electrons. The lowest BCUT2D eigenvalue weighted by Crippen LogP contribution is -2.50. The van der Waals surface area contributed by atoms with Crippen molar-refractivity contribution < 1.29 is 19.0 Å². The predicted molar refractivity (Wildman–Crippen MR) is 75.3 cm³/mol. The van der Waals surface area contributed by atoms with Crippen LogP contribution in [0, 0.1) is 0 Å². The van der Waals surface area contributed by atoms with Gasteiger partial charge in [0.2, 0.25) is 0 Å². The van der Waals surface area contributed by atoms with Gasteiger partial charge in [-0.2, -0.15) is 0 Å². The molecule has 0 aliphatic rings. The maximum absolute atomic E-state index is 11.8. The summed E-state index contributed by atoms with van der Waals surface area (Å²) in [6.07, 6.45) is 3.43. The molecule has 1 N–H and O–H groups in total. The van der Waals surface area contributed by atoms with Gasteiger partial charge in [0.15, 0.2) is 0 Å². The largest absolute Gasteiger partial charge is 0.468 e. The fraction of sp³-hybridized carbons (Fsp3) is 0.929. The second-order valence-corrected chi connectivity index (χ2v) is 4.81. The molecule has 1 unspecified atom stereocenters. The van der Waals surface area contributed by atoms with E-state index in [2.05, 4.69) is 12.2 Å². The second kappa shape index (κ2) is 11.2. The Labute approximate surface area is 117 Å². The fourth-order valence-corrected chi connectivity index (χ4v) is 1.82. The lowest BCUT2D eigenvalue weighted by atomic mass is 9.96. The monoisotopic (exact) mass is 275 g/mol. The average Bonchev–Trinajstić information content (AvgIpc) is 2.43. The number of carbonyl (C=O) groups excluding carboxylic acids is 1. The summed E-state index contributed by atoms with van der Waals surface area (Å²) in [4.78, 5) is 11.8. The predicted octanol–water partition coefficient (Wildman–Crippen LogP) is 1.75. The van der Waals surface area contributed by atoms with Crippen LogP contribution in [-0.4, -0.2) is 52.1 Å². The molecule has 5 nitrogen and oxygen atoms in total. The van der Waals surface area contributed by atoms with Crippen molar-refractivity contribution in [1.29, 1.82) is 0 Å². The van der Waals surface area contributed by atoms with Gasteiger partial charge in [-0.3, -0.25) is 4.79 Å². The summed E-state index contributed by atoms with van der Waals surface area (Å²) in [5.41, 5.74) is -0.610. The lowest BCUT2D eigenvalue weighted by molar-refractivity contribution is -0.148. The van der Waals surface area contributed by atoms with Crippen LogP contribution >= 0.6 is 0 Å². The molecule has 0 aromatic carbocycles. The maximum Gasteiger partial charge on any atom is 0.325 e. The zero-order chi connectivity index (χ0) is 14.6. The van der Waals surface area contributed by atoms with Crippen molar-refractivity contribution in [3.05, 3.63) is 0 Å². The van der Waals surface area contributed by atoms with E-state index >= 15 is 0 Å². The minimum absolute atomic E-state index is 0.208. The Morgan fingerprint density at radius 2 is 1.84 bits per heavy atom. The van der Waals surface area contributed by atoms with Gasteiger partial charge in [-0.1, -0.05) is 6.92 Å². The first-order valence-electron chi connectivity index (χ1n) is 7.00. The van der Waals surface area contributed by atoms with Crippen molar-refractivity contribution in [2.75, 3.05) is 40.6 Å². The summed E-state index contributed by atoms with van der Waals surface area (Å²) in [5.74, 6) is -0.208. The van der Waals surface area contributed by atoms with Crippen molar-refractivity contribution in [3.63, 3.8) is 0 Å². The molecule has 0 saturated carbocycles. The Morgan fingerprint density at radius 3 is 2.42 bits per heavy atom. The molecule has 0 aromatic heterocycles. The molecule has 0 aliphatic heterocycles. The van der Waals surface area contributed by atoms with Gasteiger partial charge in [0.05, 0.1) is 7.11 Å². The highest BCUT2D eigenvalue weighted by molar-refractivity contribution is 5.80. The van der Waals surface area contributed by atoms with Crippen molar-refractivity contribution in [2.24, 2.45) is 0 Å². The van der Waals surface area contributed by atoms with Crippen molar-refractivity contribution in [2.45, 2.75) is 45.1 Å². The third-order valence-electron chi connectivity index (χ3n) is 3.00. The van der Waals surface area contributed by atoms with Crippen LogP contribution in [0.25, 0.3) is 0 Å². The molecular weight excluding hydrogens is 246 g/mol. The fourth-order valence-electron chi connectivity index (χ4n) is 1.82. The molecule has 114 valence electrons. The molecule has 0 heterocycles. The maximum atomic E-state index is 11.8.